The van der Waals surface area contributed by atoms with Crippen LogP contribution in [0.5, 0.6) is 5.75 Å². The predicted octanol–water partition coefficient (Wildman–Crippen LogP) is 5.62. The van der Waals surface area contributed by atoms with Crippen LogP contribution in [-0.2, 0) is 0 Å². The lowest BCUT2D eigenvalue weighted by Gasteiger charge is -2.21. The third-order valence-corrected chi connectivity index (χ3v) is 6.97. The smallest absolute Gasteiger partial charge is 0.268 e. The van der Waals surface area contributed by atoms with Gasteiger partial charge < -0.3 is 4.74 Å². The zero-order valence-corrected chi connectivity index (χ0v) is 22.4. The molecule has 5 aromatic rings. The van der Waals surface area contributed by atoms with Gasteiger partial charge in [0.2, 0.25) is 0 Å². The first-order valence-electron chi connectivity index (χ1n) is 12.0. The van der Waals surface area contributed by atoms with E-state index in [2.05, 4.69) is 42.2 Å². The zero-order valence-electron chi connectivity index (χ0n) is 20.8. The van der Waals surface area contributed by atoms with Crippen LogP contribution in [0, 0.1) is 26.2 Å². The van der Waals surface area contributed by atoms with Crippen molar-refractivity contribution < 1.29 is 4.74 Å². The summed E-state index contributed by atoms with van der Waals surface area (Å²) in [5.41, 5.74) is 5.65. The Morgan fingerprint density at radius 2 is 1.29 bits per heavy atom. The number of aromatic nitrogens is 4. The summed E-state index contributed by atoms with van der Waals surface area (Å²) in [4.78, 5) is 27.0. The molecule has 0 amide bonds. The van der Waals surface area contributed by atoms with E-state index in [0.29, 0.717) is 33.8 Å². The molecule has 0 fully saturated rings. The maximum absolute atomic E-state index is 13.5. The number of terminal acetylenes is 1. The number of H-pyrrole nitrogens is 4. The van der Waals surface area contributed by atoms with Crippen molar-refractivity contribution in [2.45, 2.75) is 19.8 Å². The Kier molecular flexibility index (Phi) is 6.95. The molecule has 0 spiro atoms. The van der Waals surface area contributed by atoms with Gasteiger partial charge in [-0.15, -0.1) is 6.42 Å². The highest BCUT2D eigenvalue weighted by atomic mass is 79.9. The normalized spacial score (nSPS) is 11.0. The summed E-state index contributed by atoms with van der Waals surface area (Å²) < 4.78 is 6.68. The van der Waals surface area contributed by atoms with Crippen LogP contribution in [0.15, 0.2) is 80.8 Å². The van der Waals surface area contributed by atoms with Crippen LogP contribution < -0.4 is 15.9 Å². The van der Waals surface area contributed by atoms with Crippen LogP contribution in [0.3, 0.4) is 0 Å². The summed E-state index contributed by atoms with van der Waals surface area (Å²) in [5, 5.41) is 11.6. The largest absolute Gasteiger partial charge is 0.481 e. The predicted molar refractivity (Wildman–Crippen MR) is 153 cm³/mol. The molecule has 0 aliphatic heterocycles. The summed E-state index contributed by atoms with van der Waals surface area (Å²) in [5.74, 6) is 2.16. The fraction of sp³-hybridized carbons (Fsp3) is 0.133. The molecule has 7 nitrogen and oxygen atoms in total. The first kappa shape index (κ1) is 25.2. The molecule has 2 aromatic heterocycles. The number of rotatable bonds is 7. The van der Waals surface area contributed by atoms with Gasteiger partial charge in [0.15, 0.2) is 0 Å². The fourth-order valence-corrected chi connectivity index (χ4v) is 5.01. The molecule has 38 heavy (non-hydrogen) atoms. The van der Waals surface area contributed by atoms with Gasteiger partial charge in [-0.05, 0) is 43.2 Å². The molecule has 5 rings (SSSR count). The van der Waals surface area contributed by atoms with Crippen molar-refractivity contribution in [3.63, 3.8) is 0 Å². The topological polar surface area (TPSA) is 107 Å². The second kappa shape index (κ2) is 10.5. The van der Waals surface area contributed by atoms with E-state index in [-0.39, 0.29) is 17.7 Å². The maximum atomic E-state index is 13.5. The zero-order chi connectivity index (χ0) is 26.8. The number of aryl methyl sites for hydroxylation is 2. The van der Waals surface area contributed by atoms with Gasteiger partial charge in [0.05, 0.1) is 28.4 Å². The van der Waals surface area contributed by atoms with Gasteiger partial charge in [0, 0.05) is 10.0 Å². The summed E-state index contributed by atoms with van der Waals surface area (Å²) in [6.45, 7) is 4.03. The summed E-state index contributed by atoms with van der Waals surface area (Å²) >= 11 is 3.56. The molecule has 0 saturated carbocycles. The number of hydrogen-bond donors (Lipinski definition) is 4. The molecule has 0 bridgehead atoms. The Labute approximate surface area is 227 Å². The first-order valence-corrected chi connectivity index (χ1v) is 12.8. The number of aromatic amines is 4. The number of ether oxygens (including phenoxy) is 1. The third kappa shape index (κ3) is 4.76. The molecule has 190 valence electrons. The Balaban J connectivity index is 1.84. The van der Waals surface area contributed by atoms with E-state index in [4.69, 9.17) is 11.2 Å². The van der Waals surface area contributed by atoms with Gasteiger partial charge in [0.1, 0.15) is 12.4 Å². The number of hydrogen-bond acceptors (Lipinski definition) is 3. The number of nitrogens with one attached hydrogen (secondary N) is 4. The lowest BCUT2D eigenvalue weighted by Crippen LogP contribution is -2.21. The Hall–Kier alpha value is -4.48. The van der Waals surface area contributed by atoms with Crippen LogP contribution in [-0.4, -0.2) is 27.0 Å². The van der Waals surface area contributed by atoms with Crippen molar-refractivity contribution in [1.29, 1.82) is 0 Å². The van der Waals surface area contributed by atoms with Crippen molar-refractivity contribution in [3.05, 3.63) is 120 Å². The van der Waals surface area contributed by atoms with E-state index in [1.807, 2.05) is 74.5 Å². The van der Waals surface area contributed by atoms with E-state index >= 15 is 0 Å². The Morgan fingerprint density at radius 3 is 1.76 bits per heavy atom. The second-order valence-corrected chi connectivity index (χ2v) is 9.99. The molecule has 0 saturated heterocycles. The molecule has 0 aliphatic rings. The van der Waals surface area contributed by atoms with Crippen molar-refractivity contribution in [1.82, 2.24) is 20.4 Å². The van der Waals surface area contributed by atoms with Crippen LogP contribution in [0.4, 0.5) is 0 Å². The molecule has 3 aromatic carbocycles. The van der Waals surface area contributed by atoms with Crippen LogP contribution >= 0.6 is 15.9 Å². The highest BCUT2D eigenvalue weighted by molar-refractivity contribution is 9.10. The lowest BCUT2D eigenvalue weighted by atomic mass is 9.82. The average Bonchev–Trinajstić information content (AvgIpc) is 3.48. The second-order valence-electron chi connectivity index (χ2n) is 9.08. The van der Waals surface area contributed by atoms with E-state index in [1.54, 1.807) is 6.07 Å². The van der Waals surface area contributed by atoms with Gasteiger partial charge in [-0.3, -0.25) is 30.0 Å². The van der Waals surface area contributed by atoms with Crippen LogP contribution in [0.25, 0.3) is 22.5 Å². The van der Waals surface area contributed by atoms with Gasteiger partial charge in [0.25, 0.3) is 11.1 Å². The summed E-state index contributed by atoms with van der Waals surface area (Å²) in [7, 11) is 0. The van der Waals surface area contributed by atoms with Crippen LogP contribution in [0.2, 0.25) is 0 Å². The fourth-order valence-electron chi connectivity index (χ4n) is 4.63. The minimum Gasteiger partial charge on any atom is -0.481 e. The molecule has 4 N–H and O–H groups in total. The minimum atomic E-state index is -0.808. The van der Waals surface area contributed by atoms with Gasteiger partial charge in [-0.25, -0.2) is 0 Å². The SMILES string of the molecule is C#CCOc1ccc(Br)cc1C(c1c(-c2ccc(C)cc2)[nH][nH]c1=O)c1c(-c2ccc(C)cc2)[nH][nH]c1=O. The van der Waals surface area contributed by atoms with E-state index in [1.165, 1.54) is 0 Å². The minimum absolute atomic E-state index is 0.0317. The molecule has 8 heteroatoms. The average molecular weight is 569 g/mol. The van der Waals surface area contributed by atoms with Gasteiger partial charge in [-0.1, -0.05) is 81.5 Å². The molecule has 0 aliphatic carbocycles. The molecule has 2 heterocycles. The summed E-state index contributed by atoms with van der Waals surface area (Å²) in [6.07, 6.45) is 5.49. The third-order valence-electron chi connectivity index (χ3n) is 6.48. The lowest BCUT2D eigenvalue weighted by molar-refractivity contribution is 0.365. The standard InChI is InChI=1S/C30H25BrN4O3/c1-4-15-38-23-14-13-21(31)16-22(23)24(25-27(32-34-29(25)36)19-9-5-17(2)6-10-19)26-28(33-35-30(26)37)20-11-7-18(3)8-12-20/h1,5-14,16,24H,15H2,2-3H3,(H2,32,34,36)(H2,33,35,37). The van der Waals surface area contributed by atoms with Gasteiger partial charge in [-0.2, -0.15) is 0 Å². The maximum Gasteiger partial charge on any atom is 0.268 e. The van der Waals surface area contributed by atoms with Crippen molar-refractivity contribution >= 4 is 15.9 Å². The molecular weight excluding hydrogens is 544 g/mol. The van der Waals surface area contributed by atoms with Crippen molar-refractivity contribution in [3.8, 4) is 40.6 Å². The quantitative estimate of drug-likeness (QED) is 0.191. The number of benzene rings is 3. The first-order chi connectivity index (χ1) is 18.4. The molecule has 0 atom stereocenters. The van der Waals surface area contributed by atoms with Crippen molar-refractivity contribution in [2.24, 2.45) is 0 Å². The highest BCUT2D eigenvalue weighted by Gasteiger charge is 2.33. The number of halogens is 1. The summed E-state index contributed by atoms with van der Waals surface area (Å²) in [6, 6.07) is 21.1. The van der Waals surface area contributed by atoms with Crippen molar-refractivity contribution in [2.75, 3.05) is 6.61 Å². The monoisotopic (exact) mass is 568 g/mol. The Bertz CT molecular complexity index is 1650. The van der Waals surface area contributed by atoms with E-state index < -0.39 is 5.92 Å². The van der Waals surface area contributed by atoms with E-state index in [0.717, 1.165) is 26.7 Å². The molecular formula is C30H25BrN4O3. The van der Waals surface area contributed by atoms with Crippen LogP contribution in [0.1, 0.15) is 33.7 Å². The molecule has 0 radical (unpaired) electrons. The highest BCUT2D eigenvalue weighted by Crippen LogP contribution is 2.42. The molecule has 0 unspecified atom stereocenters. The van der Waals surface area contributed by atoms with Gasteiger partial charge >= 0.3 is 0 Å². The Morgan fingerprint density at radius 1 is 0.789 bits per heavy atom. The van der Waals surface area contributed by atoms with E-state index in [9.17, 15) is 9.59 Å².